The second kappa shape index (κ2) is 3.89. The van der Waals surface area contributed by atoms with Gasteiger partial charge in [0.1, 0.15) is 5.69 Å². The quantitative estimate of drug-likeness (QED) is 0.831. The van der Waals surface area contributed by atoms with Crippen LogP contribution in [-0.2, 0) is 0 Å². The van der Waals surface area contributed by atoms with Crippen LogP contribution >= 0.6 is 0 Å². The van der Waals surface area contributed by atoms with E-state index in [0.29, 0.717) is 5.92 Å². The van der Waals surface area contributed by atoms with Gasteiger partial charge in [0, 0.05) is 24.0 Å². The number of primary amides is 1. The average molecular weight is 215 g/mol. The third kappa shape index (κ3) is 1.62. The summed E-state index contributed by atoms with van der Waals surface area (Å²) >= 11 is 0. The van der Waals surface area contributed by atoms with Gasteiger partial charge in [-0.15, -0.1) is 0 Å². The molecule has 0 aliphatic heterocycles. The molecule has 0 saturated heterocycles. The highest BCUT2D eigenvalue weighted by Crippen LogP contribution is 2.25. The average Bonchev–Trinajstić information content (AvgIpc) is 2.27. The monoisotopic (exact) mass is 215 g/mol. The van der Waals surface area contributed by atoms with Crippen LogP contribution in [0.4, 0.5) is 0 Å². The number of rotatable bonds is 2. The van der Waals surface area contributed by atoms with Gasteiger partial charge in [-0.05, 0) is 22.9 Å². The molecule has 4 nitrogen and oxygen atoms in total. The molecule has 2 heterocycles. The fourth-order valence-corrected chi connectivity index (χ4v) is 1.76. The van der Waals surface area contributed by atoms with E-state index in [-0.39, 0.29) is 5.69 Å². The molecule has 0 spiro atoms. The molecule has 1 amide bonds. The third-order valence-corrected chi connectivity index (χ3v) is 2.58. The number of amides is 1. The number of hydrogen-bond acceptors (Lipinski definition) is 3. The summed E-state index contributed by atoms with van der Waals surface area (Å²) in [5, 5.41) is 1.72. The Kier molecular flexibility index (Phi) is 2.56. The minimum absolute atomic E-state index is 0.285. The number of nitrogens with zero attached hydrogens (tertiary/aromatic N) is 2. The first kappa shape index (κ1) is 10.5. The van der Waals surface area contributed by atoms with Crippen LogP contribution in [0.1, 0.15) is 35.8 Å². The predicted molar refractivity (Wildman–Crippen MR) is 62.1 cm³/mol. The molecule has 0 aliphatic rings. The normalized spacial score (nSPS) is 10.9. The lowest BCUT2D eigenvalue weighted by atomic mass is 9.98. The van der Waals surface area contributed by atoms with Crippen molar-refractivity contribution in [3.8, 4) is 0 Å². The molecule has 0 radical (unpaired) electrons. The lowest BCUT2D eigenvalue weighted by molar-refractivity contribution is 0.0997. The van der Waals surface area contributed by atoms with Crippen LogP contribution in [0, 0.1) is 0 Å². The van der Waals surface area contributed by atoms with Gasteiger partial charge in [-0.2, -0.15) is 0 Å². The molecule has 2 rings (SSSR count). The van der Waals surface area contributed by atoms with Crippen molar-refractivity contribution < 1.29 is 4.79 Å². The van der Waals surface area contributed by atoms with E-state index in [9.17, 15) is 4.79 Å². The first-order valence-corrected chi connectivity index (χ1v) is 5.13. The molecule has 0 bridgehead atoms. The van der Waals surface area contributed by atoms with Crippen LogP contribution in [0.15, 0.2) is 24.7 Å². The van der Waals surface area contributed by atoms with Crippen LogP contribution in [0.25, 0.3) is 10.8 Å². The van der Waals surface area contributed by atoms with Gasteiger partial charge in [-0.1, -0.05) is 13.8 Å². The van der Waals surface area contributed by atoms with E-state index in [0.717, 1.165) is 16.3 Å². The van der Waals surface area contributed by atoms with Gasteiger partial charge < -0.3 is 5.73 Å². The van der Waals surface area contributed by atoms with Crippen molar-refractivity contribution in [3.63, 3.8) is 0 Å². The van der Waals surface area contributed by atoms with E-state index in [2.05, 4.69) is 23.8 Å². The summed E-state index contributed by atoms with van der Waals surface area (Å²) in [7, 11) is 0. The van der Waals surface area contributed by atoms with Crippen molar-refractivity contribution in [2.75, 3.05) is 0 Å². The number of fused-ring (bicyclic) bond motifs is 1. The number of pyridine rings is 2. The SMILES string of the molecule is CC(C)c1cnc(C(N)=O)c2cnccc12. The van der Waals surface area contributed by atoms with Gasteiger partial charge in [0.25, 0.3) is 5.91 Å². The molecular formula is C12H13N3O. The lowest BCUT2D eigenvalue weighted by Gasteiger charge is -2.10. The zero-order chi connectivity index (χ0) is 11.7. The standard InChI is InChI=1S/C12H13N3O/c1-7(2)9-6-15-11(12(13)16)10-5-14-4-3-8(9)10/h3-7H,1-2H3,(H2,13,16). The van der Waals surface area contributed by atoms with Crippen LogP contribution in [0.3, 0.4) is 0 Å². The largest absolute Gasteiger partial charge is 0.364 e. The Morgan fingerprint density at radius 3 is 2.69 bits per heavy atom. The van der Waals surface area contributed by atoms with Gasteiger partial charge in [0.2, 0.25) is 0 Å². The van der Waals surface area contributed by atoms with Crippen molar-refractivity contribution in [2.45, 2.75) is 19.8 Å². The molecule has 0 aromatic carbocycles. The van der Waals surface area contributed by atoms with Crippen molar-refractivity contribution in [3.05, 3.63) is 35.9 Å². The molecule has 0 atom stereocenters. The van der Waals surface area contributed by atoms with Gasteiger partial charge >= 0.3 is 0 Å². The Morgan fingerprint density at radius 1 is 1.31 bits per heavy atom. The first-order valence-electron chi connectivity index (χ1n) is 5.13. The van der Waals surface area contributed by atoms with Crippen LogP contribution in [0.5, 0.6) is 0 Å². The molecule has 0 fully saturated rings. The summed E-state index contributed by atoms with van der Waals surface area (Å²) < 4.78 is 0. The van der Waals surface area contributed by atoms with Crippen LogP contribution in [-0.4, -0.2) is 15.9 Å². The van der Waals surface area contributed by atoms with Crippen LogP contribution in [0.2, 0.25) is 0 Å². The molecule has 0 aliphatic carbocycles. The summed E-state index contributed by atoms with van der Waals surface area (Å²) in [4.78, 5) is 19.3. The van der Waals surface area contributed by atoms with Crippen molar-refractivity contribution in [2.24, 2.45) is 5.73 Å². The maximum absolute atomic E-state index is 11.2. The number of carbonyl (C=O) groups excluding carboxylic acids is 1. The van der Waals surface area contributed by atoms with Crippen molar-refractivity contribution in [1.82, 2.24) is 9.97 Å². The van der Waals surface area contributed by atoms with E-state index in [1.165, 1.54) is 0 Å². The Hall–Kier alpha value is -1.97. The topological polar surface area (TPSA) is 68.9 Å². The Morgan fingerprint density at radius 2 is 2.06 bits per heavy atom. The zero-order valence-corrected chi connectivity index (χ0v) is 9.27. The molecule has 0 saturated carbocycles. The summed E-state index contributed by atoms with van der Waals surface area (Å²) in [6, 6.07) is 1.89. The van der Waals surface area contributed by atoms with E-state index in [1.807, 2.05) is 6.07 Å². The number of hydrogen-bond donors (Lipinski definition) is 1. The molecule has 4 heteroatoms. The molecule has 16 heavy (non-hydrogen) atoms. The molecule has 2 aromatic rings. The van der Waals surface area contributed by atoms with E-state index < -0.39 is 5.91 Å². The van der Waals surface area contributed by atoms with E-state index in [4.69, 9.17) is 5.73 Å². The highest BCUT2D eigenvalue weighted by atomic mass is 16.1. The first-order chi connectivity index (χ1) is 7.61. The van der Waals surface area contributed by atoms with Crippen molar-refractivity contribution >= 4 is 16.7 Å². The molecule has 82 valence electrons. The Bertz CT molecular complexity index is 549. The summed E-state index contributed by atoms with van der Waals surface area (Å²) in [5.41, 5.74) is 6.66. The predicted octanol–water partition coefficient (Wildman–Crippen LogP) is 1.85. The molecule has 2 aromatic heterocycles. The summed E-state index contributed by atoms with van der Waals surface area (Å²) in [5.74, 6) is -0.173. The van der Waals surface area contributed by atoms with E-state index in [1.54, 1.807) is 18.6 Å². The minimum Gasteiger partial charge on any atom is -0.364 e. The number of carbonyl (C=O) groups is 1. The highest BCUT2D eigenvalue weighted by molar-refractivity contribution is 6.04. The maximum Gasteiger partial charge on any atom is 0.268 e. The Labute approximate surface area is 93.5 Å². The molecular weight excluding hydrogens is 202 g/mol. The van der Waals surface area contributed by atoms with Crippen molar-refractivity contribution in [1.29, 1.82) is 0 Å². The fourth-order valence-electron chi connectivity index (χ4n) is 1.76. The van der Waals surface area contributed by atoms with Gasteiger partial charge in [0.05, 0.1) is 0 Å². The van der Waals surface area contributed by atoms with Gasteiger partial charge in [-0.3, -0.25) is 14.8 Å². The second-order valence-corrected chi connectivity index (χ2v) is 4.00. The summed E-state index contributed by atoms with van der Waals surface area (Å²) in [6.07, 6.45) is 5.06. The smallest absolute Gasteiger partial charge is 0.268 e. The number of nitrogens with two attached hydrogens (primary N) is 1. The zero-order valence-electron chi connectivity index (χ0n) is 9.27. The van der Waals surface area contributed by atoms with Crippen LogP contribution < -0.4 is 5.73 Å². The summed E-state index contributed by atoms with van der Waals surface area (Å²) in [6.45, 7) is 4.17. The highest BCUT2D eigenvalue weighted by Gasteiger charge is 2.12. The molecule has 0 unspecified atom stereocenters. The number of aromatic nitrogens is 2. The van der Waals surface area contributed by atoms with Gasteiger partial charge in [0.15, 0.2) is 0 Å². The lowest BCUT2D eigenvalue weighted by Crippen LogP contribution is -2.14. The minimum atomic E-state index is -0.520. The molecule has 2 N–H and O–H groups in total. The van der Waals surface area contributed by atoms with Gasteiger partial charge in [-0.25, -0.2) is 0 Å². The maximum atomic E-state index is 11.2. The second-order valence-electron chi connectivity index (χ2n) is 4.00. The third-order valence-electron chi connectivity index (χ3n) is 2.58. The Balaban J connectivity index is 2.82. The fraction of sp³-hybridized carbons (Fsp3) is 0.250. The van der Waals surface area contributed by atoms with E-state index >= 15 is 0 Å².